The first-order valence-electron chi connectivity index (χ1n) is 6.54. The molecule has 20 heavy (non-hydrogen) atoms. The van der Waals surface area contributed by atoms with Gasteiger partial charge in [-0.3, -0.25) is 4.79 Å². The van der Waals surface area contributed by atoms with Crippen molar-refractivity contribution in [2.24, 2.45) is 5.41 Å². The van der Waals surface area contributed by atoms with E-state index in [1.807, 2.05) is 13.8 Å². The molecule has 5 heteroatoms. The molecule has 0 atom stereocenters. The molecule has 0 heterocycles. The van der Waals surface area contributed by atoms with Crippen LogP contribution in [0.5, 0.6) is 5.75 Å². The molecule has 0 bridgehead atoms. The smallest absolute Gasteiger partial charge is 0.310 e. The van der Waals surface area contributed by atoms with E-state index in [2.05, 4.69) is 5.32 Å². The highest BCUT2D eigenvalue weighted by Crippen LogP contribution is 2.30. The van der Waals surface area contributed by atoms with Gasteiger partial charge in [0.15, 0.2) is 11.6 Å². The maximum Gasteiger partial charge on any atom is 0.310 e. The van der Waals surface area contributed by atoms with Crippen LogP contribution in [0, 0.1) is 11.2 Å². The van der Waals surface area contributed by atoms with Crippen LogP contribution in [0.3, 0.4) is 0 Å². The van der Waals surface area contributed by atoms with Crippen molar-refractivity contribution >= 4 is 5.97 Å². The molecule has 0 fully saturated rings. The van der Waals surface area contributed by atoms with E-state index >= 15 is 0 Å². The Balaban J connectivity index is 2.49. The summed E-state index contributed by atoms with van der Waals surface area (Å²) in [6.07, 6.45) is 0. The minimum atomic E-state index is -0.926. The van der Waals surface area contributed by atoms with Gasteiger partial charge in [0.1, 0.15) is 6.61 Å². The lowest BCUT2D eigenvalue weighted by atomic mass is 9.74. The van der Waals surface area contributed by atoms with Gasteiger partial charge in [-0.2, -0.15) is 0 Å². The third-order valence-corrected chi connectivity index (χ3v) is 3.86. The zero-order valence-electron chi connectivity index (χ0n) is 12.4. The fraction of sp³-hybridized carbons (Fsp3) is 0.533. The van der Waals surface area contributed by atoms with E-state index in [9.17, 15) is 14.3 Å². The predicted octanol–water partition coefficient (Wildman–Crippen LogP) is 2.68. The largest absolute Gasteiger partial charge is 0.489 e. The molecule has 1 aromatic carbocycles. The molecule has 0 amide bonds. The topological polar surface area (TPSA) is 58.6 Å². The number of hydrogen-bond acceptors (Lipinski definition) is 3. The van der Waals surface area contributed by atoms with Gasteiger partial charge in [-0.1, -0.05) is 12.1 Å². The van der Waals surface area contributed by atoms with Crippen molar-refractivity contribution in [3.63, 3.8) is 0 Å². The van der Waals surface area contributed by atoms with Crippen molar-refractivity contribution in [3.05, 3.63) is 30.1 Å². The average molecular weight is 283 g/mol. The Morgan fingerprint density at radius 2 is 1.90 bits per heavy atom. The standard InChI is InChI=1S/C15H22FNO3/c1-14(2,13(18)19)15(3,4)17-9-10-20-12-8-6-5-7-11(12)16/h5-8,17H,9-10H2,1-4H3,(H,18,19). The molecule has 0 aliphatic carbocycles. The molecule has 1 aromatic rings. The number of nitrogens with one attached hydrogen (secondary N) is 1. The van der Waals surface area contributed by atoms with Gasteiger partial charge in [-0.15, -0.1) is 0 Å². The summed E-state index contributed by atoms with van der Waals surface area (Å²) in [5, 5.41) is 12.4. The van der Waals surface area contributed by atoms with Crippen molar-refractivity contribution < 1.29 is 19.0 Å². The van der Waals surface area contributed by atoms with E-state index < -0.39 is 22.7 Å². The predicted molar refractivity (Wildman–Crippen MR) is 75.4 cm³/mol. The zero-order valence-corrected chi connectivity index (χ0v) is 12.4. The third-order valence-electron chi connectivity index (χ3n) is 3.86. The van der Waals surface area contributed by atoms with E-state index in [-0.39, 0.29) is 12.4 Å². The van der Waals surface area contributed by atoms with Crippen molar-refractivity contribution in [3.8, 4) is 5.75 Å². The Kier molecular flexibility index (Phi) is 5.11. The Bertz CT molecular complexity index is 472. The SMILES string of the molecule is CC(C)(NCCOc1ccccc1F)C(C)(C)C(=O)O. The van der Waals surface area contributed by atoms with Crippen molar-refractivity contribution in [2.45, 2.75) is 33.2 Å². The number of halogens is 1. The molecule has 0 aliphatic heterocycles. The fourth-order valence-electron chi connectivity index (χ4n) is 1.57. The number of benzene rings is 1. The van der Waals surface area contributed by atoms with E-state index in [1.54, 1.807) is 32.0 Å². The van der Waals surface area contributed by atoms with Crippen LogP contribution in [0.15, 0.2) is 24.3 Å². The minimum absolute atomic E-state index is 0.199. The molecular formula is C15H22FNO3. The van der Waals surface area contributed by atoms with E-state index in [1.165, 1.54) is 6.07 Å². The first-order chi connectivity index (χ1) is 9.18. The van der Waals surface area contributed by atoms with Crippen LogP contribution >= 0.6 is 0 Å². The first kappa shape index (κ1) is 16.4. The van der Waals surface area contributed by atoms with Gasteiger partial charge in [-0.25, -0.2) is 4.39 Å². The number of carboxylic acid groups (broad SMARTS) is 1. The molecule has 1 rings (SSSR count). The molecule has 2 N–H and O–H groups in total. The molecule has 0 radical (unpaired) electrons. The van der Waals surface area contributed by atoms with Crippen LogP contribution in [0.25, 0.3) is 0 Å². The Morgan fingerprint density at radius 1 is 1.30 bits per heavy atom. The number of carboxylic acids is 1. The zero-order chi connectivity index (χ0) is 15.4. The van der Waals surface area contributed by atoms with Gasteiger partial charge in [0.05, 0.1) is 5.41 Å². The van der Waals surface area contributed by atoms with E-state index in [4.69, 9.17) is 4.74 Å². The summed E-state index contributed by atoms with van der Waals surface area (Å²) in [4.78, 5) is 11.2. The summed E-state index contributed by atoms with van der Waals surface area (Å²) >= 11 is 0. The van der Waals surface area contributed by atoms with Crippen molar-refractivity contribution in [1.29, 1.82) is 0 Å². The molecule has 0 saturated heterocycles. The average Bonchev–Trinajstić information content (AvgIpc) is 2.36. The molecule has 112 valence electrons. The second-order valence-electron chi connectivity index (χ2n) is 5.76. The lowest BCUT2D eigenvalue weighted by molar-refractivity contribution is -0.151. The Morgan fingerprint density at radius 3 is 2.45 bits per heavy atom. The van der Waals surface area contributed by atoms with Gasteiger partial charge < -0.3 is 15.2 Å². The fourth-order valence-corrected chi connectivity index (χ4v) is 1.57. The molecule has 0 aliphatic rings. The number of aliphatic carboxylic acids is 1. The number of hydrogen-bond donors (Lipinski definition) is 2. The minimum Gasteiger partial charge on any atom is -0.489 e. The summed E-state index contributed by atoms with van der Waals surface area (Å²) in [5.41, 5.74) is -1.54. The summed E-state index contributed by atoms with van der Waals surface area (Å²) in [5.74, 6) is -1.08. The van der Waals surface area contributed by atoms with Gasteiger partial charge in [0.25, 0.3) is 0 Å². The first-order valence-corrected chi connectivity index (χ1v) is 6.54. The Hall–Kier alpha value is -1.62. The lowest BCUT2D eigenvalue weighted by Crippen LogP contribution is -2.55. The summed E-state index contributed by atoms with van der Waals surface area (Å²) in [6, 6.07) is 6.18. The maximum atomic E-state index is 13.3. The summed E-state index contributed by atoms with van der Waals surface area (Å²) in [6.45, 7) is 7.67. The van der Waals surface area contributed by atoms with Crippen LogP contribution in [-0.4, -0.2) is 29.8 Å². The summed E-state index contributed by atoms with van der Waals surface area (Å²) in [7, 11) is 0. The quantitative estimate of drug-likeness (QED) is 0.755. The molecule has 0 unspecified atom stereocenters. The van der Waals surface area contributed by atoms with Crippen LogP contribution in [0.4, 0.5) is 4.39 Å². The number of rotatable bonds is 7. The van der Waals surface area contributed by atoms with Gasteiger partial charge >= 0.3 is 5.97 Å². The second kappa shape index (κ2) is 6.22. The van der Waals surface area contributed by atoms with Crippen LogP contribution < -0.4 is 10.1 Å². The third kappa shape index (κ3) is 3.70. The van der Waals surface area contributed by atoms with Crippen molar-refractivity contribution in [1.82, 2.24) is 5.32 Å². The highest BCUT2D eigenvalue weighted by Gasteiger charge is 2.42. The molecule has 0 saturated carbocycles. The van der Waals surface area contributed by atoms with Crippen LogP contribution in [-0.2, 0) is 4.79 Å². The molecular weight excluding hydrogens is 261 g/mol. The normalized spacial score (nSPS) is 12.2. The van der Waals surface area contributed by atoms with Gasteiger partial charge in [0.2, 0.25) is 0 Å². The van der Waals surface area contributed by atoms with Crippen LogP contribution in [0.1, 0.15) is 27.7 Å². The lowest BCUT2D eigenvalue weighted by Gasteiger charge is -2.39. The molecule has 0 aromatic heterocycles. The van der Waals surface area contributed by atoms with Crippen LogP contribution in [0.2, 0.25) is 0 Å². The monoisotopic (exact) mass is 283 g/mol. The highest BCUT2D eigenvalue weighted by molar-refractivity contribution is 5.75. The highest BCUT2D eigenvalue weighted by atomic mass is 19.1. The second-order valence-corrected chi connectivity index (χ2v) is 5.76. The molecule has 0 spiro atoms. The van der Waals surface area contributed by atoms with Gasteiger partial charge in [0, 0.05) is 12.1 Å². The Labute approximate surface area is 119 Å². The number of para-hydroxylation sites is 1. The van der Waals surface area contributed by atoms with E-state index in [0.29, 0.717) is 6.54 Å². The molecule has 4 nitrogen and oxygen atoms in total. The number of ether oxygens (including phenoxy) is 1. The number of carbonyl (C=O) groups is 1. The van der Waals surface area contributed by atoms with E-state index in [0.717, 1.165) is 0 Å². The summed E-state index contributed by atoms with van der Waals surface area (Å²) < 4.78 is 18.6. The van der Waals surface area contributed by atoms with Gasteiger partial charge in [-0.05, 0) is 39.8 Å². The van der Waals surface area contributed by atoms with Crippen molar-refractivity contribution in [2.75, 3.05) is 13.2 Å². The maximum absolute atomic E-state index is 13.3.